The molecule has 32 heavy (non-hydrogen) atoms. The molecule has 4 rings (SSSR count). The third-order valence-electron chi connectivity index (χ3n) is 5.41. The zero-order valence-corrected chi connectivity index (χ0v) is 21.2. The standard InChI is InChI=1S/C23H23Cl2N3O2S2/c1-4-27(5-2)12-13-28(22(29)21-18(25)14-8-6-7-9-17(14)31-21)23-26-19-16(30-3)11-10-15(24)20(19)32-23/h6-11H,4-5,12-13H2,1-3H3. The summed E-state index contributed by atoms with van der Waals surface area (Å²) in [6.07, 6.45) is 0. The van der Waals surface area contributed by atoms with E-state index in [-0.39, 0.29) is 5.91 Å². The molecule has 1 amide bonds. The normalized spacial score (nSPS) is 11.6. The average Bonchev–Trinajstić information content (AvgIpc) is 3.40. The van der Waals surface area contributed by atoms with Crippen molar-refractivity contribution >= 4 is 77.2 Å². The second-order valence-corrected chi connectivity index (χ2v) is 9.96. The van der Waals surface area contributed by atoms with Gasteiger partial charge in [-0.15, -0.1) is 11.3 Å². The van der Waals surface area contributed by atoms with Crippen LogP contribution < -0.4 is 9.64 Å². The van der Waals surface area contributed by atoms with Crippen molar-refractivity contribution in [1.82, 2.24) is 9.88 Å². The van der Waals surface area contributed by atoms with Gasteiger partial charge in [-0.1, -0.05) is 66.6 Å². The van der Waals surface area contributed by atoms with Gasteiger partial charge in [0.25, 0.3) is 5.91 Å². The Kier molecular flexibility index (Phi) is 7.22. The first-order valence-corrected chi connectivity index (χ1v) is 12.7. The van der Waals surface area contributed by atoms with Crippen molar-refractivity contribution in [2.75, 3.05) is 38.2 Å². The minimum atomic E-state index is -0.155. The number of halogens is 2. The number of fused-ring (bicyclic) bond motifs is 2. The molecule has 9 heteroatoms. The quantitative estimate of drug-likeness (QED) is 0.262. The Bertz CT molecular complexity index is 1270. The molecule has 0 N–H and O–H groups in total. The van der Waals surface area contributed by atoms with Crippen LogP contribution in [-0.4, -0.2) is 49.1 Å². The number of likely N-dealkylation sites (N-methyl/N-ethyl adjacent to an activating group) is 1. The molecule has 0 aliphatic carbocycles. The highest BCUT2D eigenvalue weighted by atomic mass is 35.5. The molecule has 0 saturated heterocycles. The van der Waals surface area contributed by atoms with Gasteiger partial charge in [0.2, 0.25) is 0 Å². The second-order valence-electron chi connectivity index (χ2n) is 7.15. The first-order chi connectivity index (χ1) is 15.5. The molecular weight excluding hydrogens is 485 g/mol. The van der Waals surface area contributed by atoms with Crippen molar-refractivity contribution in [2.45, 2.75) is 13.8 Å². The Labute approximate surface area is 205 Å². The minimum absolute atomic E-state index is 0.155. The van der Waals surface area contributed by atoms with E-state index in [1.807, 2.05) is 24.3 Å². The van der Waals surface area contributed by atoms with Crippen molar-refractivity contribution in [3.8, 4) is 5.75 Å². The van der Waals surface area contributed by atoms with Gasteiger partial charge < -0.3 is 9.64 Å². The Morgan fingerprint density at radius 2 is 1.81 bits per heavy atom. The lowest BCUT2D eigenvalue weighted by molar-refractivity contribution is 0.0988. The van der Waals surface area contributed by atoms with Gasteiger partial charge in [-0.05, 0) is 31.3 Å². The smallest absolute Gasteiger partial charge is 0.271 e. The lowest BCUT2D eigenvalue weighted by Crippen LogP contribution is -2.38. The van der Waals surface area contributed by atoms with Crippen LogP contribution in [0.15, 0.2) is 36.4 Å². The minimum Gasteiger partial charge on any atom is -0.494 e. The molecule has 0 radical (unpaired) electrons. The first kappa shape index (κ1) is 23.3. The fraction of sp³-hybridized carbons (Fsp3) is 0.304. The van der Waals surface area contributed by atoms with Crippen LogP contribution in [-0.2, 0) is 0 Å². The Morgan fingerprint density at radius 3 is 2.50 bits per heavy atom. The summed E-state index contributed by atoms with van der Waals surface area (Å²) in [5.41, 5.74) is 0.656. The molecule has 2 aromatic carbocycles. The van der Waals surface area contributed by atoms with Crippen LogP contribution >= 0.6 is 45.9 Å². The topological polar surface area (TPSA) is 45.7 Å². The number of carbonyl (C=O) groups excluding carboxylic acids is 1. The number of rotatable bonds is 8. The molecule has 0 spiro atoms. The zero-order valence-electron chi connectivity index (χ0n) is 18.0. The number of benzene rings is 2. The van der Waals surface area contributed by atoms with Gasteiger partial charge in [-0.3, -0.25) is 9.69 Å². The van der Waals surface area contributed by atoms with Gasteiger partial charge in [0.05, 0.1) is 21.9 Å². The molecule has 0 saturated carbocycles. The predicted octanol–water partition coefficient (Wildman–Crippen LogP) is 6.82. The lowest BCUT2D eigenvalue weighted by Gasteiger charge is -2.24. The number of methoxy groups -OCH3 is 1. The Morgan fingerprint density at radius 1 is 1.06 bits per heavy atom. The summed E-state index contributed by atoms with van der Waals surface area (Å²) in [6, 6.07) is 11.4. The van der Waals surface area contributed by atoms with Crippen LogP contribution in [0.25, 0.3) is 20.3 Å². The van der Waals surface area contributed by atoms with Gasteiger partial charge in [0.15, 0.2) is 5.13 Å². The van der Waals surface area contributed by atoms with E-state index in [0.29, 0.717) is 37.9 Å². The van der Waals surface area contributed by atoms with Crippen LogP contribution in [0.5, 0.6) is 5.75 Å². The number of hydrogen-bond donors (Lipinski definition) is 0. The highest BCUT2D eigenvalue weighted by Gasteiger charge is 2.27. The largest absolute Gasteiger partial charge is 0.494 e. The maximum absolute atomic E-state index is 13.8. The molecule has 5 nitrogen and oxygen atoms in total. The number of thiazole rings is 1. The average molecular weight is 508 g/mol. The van der Waals surface area contributed by atoms with Crippen molar-refractivity contribution in [3.05, 3.63) is 51.3 Å². The maximum atomic E-state index is 13.8. The predicted molar refractivity (Wildman–Crippen MR) is 137 cm³/mol. The van der Waals surface area contributed by atoms with Crippen molar-refractivity contribution < 1.29 is 9.53 Å². The van der Waals surface area contributed by atoms with Crippen molar-refractivity contribution in [2.24, 2.45) is 0 Å². The highest BCUT2D eigenvalue weighted by Crippen LogP contribution is 2.41. The fourth-order valence-corrected chi connectivity index (χ4v) is 6.30. The van der Waals surface area contributed by atoms with Crippen LogP contribution in [0.1, 0.15) is 23.5 Å². The molecule has 0 aliphatic heterocycles. The van der Waals surface area contributed by atoms with Crippen molar-refractivity contribution in [1.29, 1.82) is 0 Å². The number of carbonyl (C=O) groups is 1. The monoisotopic (exact) mass is 507 g/mol. The van der Waals surface area contributed by atoms with E-state index in [9.17, 15) is 4.79 Å². The Hall–Kier alpha value is -1.90. The number of nitrogens with zero attached hydrogens (tertiary/aromatic N) is 3. The number of amides is 1. The summed E-state index contributed by atoms with van der Waals surface area (Å²) >= 11 is 15.9. The molecule has 2 heterocycles. The molecular formula is C23H23Cl2N3O2S2. The van der Waals surface area contributed by atoms with E-state index in [4.69, 9.17) is 32.9 Å². The molecule has 0 bridgehead atoms. The van der Waals surface area contributed by atoms with E-state index >= 15 is 0 Å². The van der Waals surface area contributed by atoms with E-state index in [1.54, 1.807) is 24.1 Å². The Balaban J connectivity index is 1.79. The van der Waals surface area contributed by atoms with Gasteiger partial charge in [-0.25, -0.2) is 4.98 Å². The van der Waals surface area contributed by atoms with Gasteiger partial charge in [0, 0.05) is 23.2 Å². The fourth-order valence-electron chi connectivity index (χ4n) is 3.56. The maximum Gasteiger partial charge on any atom is 0.271 e. The summed E-state index contributed by atoms with van der Waals surface area (Å²) < 4.78 is 7.25. The lowest BCUT2D eigenvalue weighted by atomic mass is 10.2. The van der Waals surface area contributed by atoms with Gasteiger partial charge in [0.1, 0.15) is 16.1 Å². The van der Waals surface area contributed by atoms with Crippen molar-refractivity contribution in [3.63, 3.8) is 0 Å². The third-order valence-corrected chi connectivity index (χ3v) is 8.61. The number of ether oxygens (including phenoxy) is 1. The third kappa shape index (κ3) is 4.32. The van der Waals surface area contributed by atoms with E-state index in [2.05, 4.69) is 18.7 Å². The summed E-state index contributed by atoms with van der Waals surface area (Å²) in [6.45, 7) is 7.25. The van der Waals surface area contributed by atoms with E-state index < -0.39 is 0 Å². The molecule has 0 fully saturated rings. The molecule has 4 aromatic rings. The molecule has 168 valence electrons. The zero-order chi connectivity index (χ0) is 22.8. The first-order valence-electron chi connectivity index (χ1n) is 10.3. The summed E-state index contributed by atoms with van der Waals surface area (Å²) in [7, 11) is 1.60. The number of hydrogen-bond acceptors (Lipinski definition) is 6. The summed E-state index contributed by atoms with van der Waals surface area (Å²) in [4.78, 5) is 23.0. The van der Waals surface area contributed by atoms with E-state index in [0.717, 1.165) is 34.4 Å². The molecule has 2 aromatic heterocycles. The van der Waals surface area contributed by atoms with Crippen LogP contribution in [0.2, 0.25) is 10.0 Å². The molecule has 0 unspecified atom stereocenters. The number of thiophene rings is 1. The van der Waals surface area contributed by atoms with Crippen LogP contribution in [0, 0.1) is 0 Å². The van der Waals surface area contributed by atoms with Crippen LogP contribution in [0.4, 0.5) is 5.13 Å². The number of anilines is 1. The van der Waals surface area contributed by atoms with Gasteiger partial charge >= 0.3 is 0 Å². The number of aromatic nitrogens is 1. The summed E-state index contributed by atoms with van der Waals surface area (Å²) in [5, 5.41) is 2.54. The summed E-state index contributed by atoms with van der Waals surface area (Å²) in [5.74, 6) is 0.473. The second kappa shape index (κ2) is 9.93. The van der Waals surface area contributed by atoms with Gasteiger partial charge in [-0.2, -0.15) is 0 Å². The molecule has 0 aliphatic rings. The highest BCUT2D eigenvalue weighted by molar-refractivity contribution is 7.23. The SMILES string of the molecule is CCN(CC)CCN(C(=O)c1sc2ccccc2c1Cl)c1nc2c(OC)ccc(Cl)c2s1. The molecule has 0 atom stereocenters. The van der Waals surface area contributed by atoms with E-state index in [1.165, 1.54) is 22.7 Å². The van der Waals surface area contributed by atoms with Crippen LogP contribution in [0.3, 0.4) is 0 Å².